The Morgan fingerprint density at radius 3 is 2.44 bits per heavy atom. The highest BCUT2D eigenvalue weighted by Crippen LogP contribution is 2.37. The zero-order valence-electron chi connectivity index (χ0n) is 19.7. The number of aliphatic hydroxyl groups excluding tert-OH is 1. The van der Waals surface area contributed by atoms with E-state index < -0.39 is 0 Å². The third-order valence-electron chi connectivity index (χ3n) is 6.70. The second-order valence-corrected chi connectivity index (χ2v) is 9.19. The van der Waals surface area contributed by atoms with Crippen LogP contribution in [0.2, 0.25) is 0 Å². The lowest BCUT2D eigenvalue weighted by molar-refractivity contribution is 0.111. The summed E-state index contributed by atoms with van der Waals surface area (Å²) < 4.78 is 2.32. The topological polar surface area (TPSA) is 75.0 Å². The van der Waals surface area contributed by atoms with Crippen LogP contribution >= 0.6 is 0 Å². The van der Waals surface area contributed by atoms with Crippen LogP contribution in [0.1, 0.15) is 51.5 Å². The van der Waals surface area contributed by atoms with E-state index in [0.29, 0.717) is 12.0 Å². The Morgan fingerprint density at radius 2 is 1.71 bits per heavy atom. The number of para-hydroxylation sites is 1. The molecular formula is C28H33N5O. The van der Waals surface area contributed by atoms with E-state index in [1.165, 1.54) is 0 Å². The molecule has 0 spiro atoms. The molecule has 6 nitrogen and oxygen atoms in total. The predicted molar refractivity (Wildman–Crippen MR) is 140 cm³/mol. The van der Waals surface area contributed by atoms with Crippen LogP contribution in [0.25, 0.3) is 22.2 Å². The molecule has 0 unspecified atom stereocenters. The van der Waals surface area contributed by atoms with Crippen molar-refractivity contribution in [2.45, 2.75) is 57.6 Å². The number of aliphatic hydroxyl groups is 1. The van der Waals surface area contributed by atoms with Crippen molar-refractivity contribution < 1.29 is 5.11 Å². The Balaban J connectivity index is 1.47. The maximum absolute atomic E-state index is 10.0. The zero-order valence-corrected chi connectivity index (χ0v) is 19.7. The van der Waals surface area contributed by atoms with Gasteiger partial charge < -0.3 is 20.3 Å². The number of nitrogens with zero attached hydrogens (tertiary/aromatic N) is 3. The highest BCUT2D eigenvalue weighted by Gasteiger charge is 2.24. The SMILES string of the molecule is CCCCNc1ncc2c(-c3ccc(Nc4ccccc4)cc3)cn([C@H]3CC[C@H](O)CC3)c2n1. The number of nitrogens with one attached hydrogen (secondary N) is 2. The lowest BCUT2D eigenvalue weighted by Gasteiger charge is -2.27. The molecule has 1 aliphatic carbocycles. The quantitative estimate of drug-likeness (QED) is 0.263. The van der Waals surface area contributed by atoms with Gasteiger partial charge in [-0.05, 0) is 61.9 Å². The molecule has 1 saturated carbocycles. The van der Waals surface area contributed by atoms with Gasteiger partial charge in [0, 0.05) is 47.3 Å². The van der Waals surface area contributed by atoms with Crippen molar-refractivity contribution in [3.8, 4) is 11.1 Å². The van der Waals surface area contributed by atoms with Crippen LogP contribution in [0.3, 0.4) is 0 Å². The van der Waals surface area contributed by atoms with Gasteiger partial charge in [-0.1, -0.05) is 43.7 Å². The molecule has 176 valence electrons. The molecule has 2 heterocycles. The molecule has 1 aliphatic rings. The minimum absolute atomic E-state index is 0.178. The Hall–Kier alpha value is -3.38. The summed E-state index contributed by atoms with van der Waals surface area (Å²) in [6, 6.07) is 19.1. The fraction of sp³-hybridized carbons (Fsp3) is 0.357. The van der Waals surface area contributed by atoms with Crippen molar-refractivity contribution in [2.24, 2.45) is 0 Å². The van der Waals surface area contributed by atoms with Crippen LogP contribution in [-0.2, 0) is 0 Å². The Labute approximate surface area is 201 Å². The van der Waals surface area contributed by atoms with Gasteiger partial charge in [0.15, 0.2) is 0 Å². The summed E-state index contributed by atoms with van der Waals surface area (Å²) in [5, 5.41) is 17.9. The van der Waals surface area contributed by atoms with E-state index in [0.717, 1.165) is 78.6 Å². The largest absolute Gasteiger partial charge is 0.393 e. The first-order valence-corrected chi connectivity index (χ1v) is 12.4. The number of unbranched alkanes of at least 4 members (excludes halogenated alkanes) is 1. The van der Waals surface area contributed by atoms with Gasteiger partial charge in [0.05, 0.1) is 6.10 Å². The molecule has 2 aromatic carbocycles. The van der Waals surface area contributed by atoms with Crippen LogP contribution in [0.4, 0.5) is 17.3 Å². The van der Waals surface area contributed by atoms with Crippen LogP contribution in [0, 0.1) is 0 Å². The van der Waals surface area contributed by atoms with Crippen molar-refractivity contribution in [1.82, 2.24) is 14.5 Å². The lowest BCUT2D eigenvalue weighted by Crippen LogP contribution is -2.21. The molecule has 6 heteroatoms. The molecule has 0 saturated heterocycles. The Bertz CT molecular complexity index is 1210. The molecule has 5 rings (SSSR count). The van der Waals surface area contributed by atoms with Gasteiger partial charge in [-0.25, -0.2) is 4.98 Å². The normalized spacial score (nSPS) is 18.2. The number of aromatic nitrogens is 3. The van der Waals surface area contributed by atoms with Gasteiger partial charge in [0.1, 0.15) is 5.65 Å². The number of fused-ring (bicyclic) bond motifs is 1. The van der Waals surface area contributed by atoms with E-state index in [9.17, 15) is 5.11 Å². The molecule has 0 amide bonds. The smallest absolute Gasteiger partial charge is 0.224 e. The number of hydrogen-bond donors (Lipinski definition) is 3. The molecule has 0 atom stereocenters. The maximum Gasteiger partial charge on any atom is 0.224 e. The van der Waals surface area contributed by atoms with E-state index >= 15 is 0 Å². The zero-order chi connectivity index (χ0) is 23.3. The van der Waals surface area contributed by atoms with Crippen molar-refractivity contribution in [3.05, 3.63) is 67.0 Å². The van der Waals surface area contributed by atoms with E-state index in [1.54, 1.807) is 0 Å². The Kier molecular flexibility index (Phi) is 6.77. The molecule has 2 aromatic heterocycles. The molecule has 0 radical (unpaired) electrons. The number of rotatable bonds is 8. The first-order valence-electron chi connectivity index (χ1n) is 12.4. The van der Waals surface area contributed by atoms with E-state index in [4.69, 9.17) is 4.98 Å². The van der Waals surface area contributed by atoms with Crippen molar-refractivity contribution >= 4 is 28.4 Å². The molecule has 4 aromatic rings. The lowest BCUT2D eigenvalue weighted by atomic mass is 9.93. The van der Waals surface area contributed by atoms with Gasteiger partial charge in [0.2, 0.25) is 5.95 Å². The third kappa shape index (κ3) is 4.92. The summed E-state index contributed by atoms with van der Waals surface area (Å²) in [7, 11) is 0. The summed E-state index contributed by atoms with van der Waals surface area (Å²) in [6.07, 6.45) is 9.85. The summed E-state index contributed by atoms with van der Waals surface area (Å²) in [4.78, 5) is 9.55. The number of benzene rings is 2. The summed E-state index contributed by atoms with van der Waals surface area (Å²) in [5.74, 6) is 0.685. The monoisotopic (exact) mass is 455 g/mol. The maximum atomic E-state index is 10.0. The third-order valence-corrected chi connectivity index (χ3v) is 6.70. The van der Waals surface area contributed by atoms with Crippen molar-refractivity contribution in [1.29, 1.82) is 0 Å². The molecule has 0 aliphatic heterocycles. The molecule has 3 N–H and O–H groups in total. The molecule has 1 fully saturated rings. The Morgan fingerprint density at radius 1 is 0.971 bits per heavy atom. The average molecular weight is 456 g/mol. The van der Waals surface area contributed by atoms with Crippen molar-refractivity contribution in [2.75, 3.05) is 17.2 Å². The standard InChI is InChI=1S/C28H33N5O/c1-2-3-17-29-28-30-18-25-26(19-33(27(25)32-28)23-13-15-24(34)16-14-23)20-9-11-22(12-10-20)31-21-7-5-4-6-8-21/h4-12,18-19,23-24,31,34H,2-3,13-17H2,1H3,(H,29,30,32)/t23-,24-. The first kappa shape index (κ1) is 22.4. The number of hydrogen-bond acceptors (Lipinski definition) is 5. The highest BCUT2D eigenvalue weighted by atomic mass is 16.3. The fourth-order valence-corrected chi connectivity index (χ4v) is 4.76. The van der Waals surface area contributed by atoms with Gasteiger partial charge in [0.25, 0.3) is 0 Å². The molecule has 34 heavy (non-hydrogen) atoms. The first-order chi connectivity index (χ1) is 16.7. The summed E-state index contributed by atoms with van der Waals surface area (Å²) in [5.41, 5.74) is 5.39. The molecular weight excluding hydrogens is 422 g/mol. The van der Waals surface area contributed by atoms with Gasteiger partial charge in [-0.2, -0.15) is 4.98 Å². The van der Waals surface area contributed by atoms with Gasteiger partial charge >= 0.3 is 0 Å². The minimum Gasteiger partial charge on any atom is -0.393 e. The second kappa shape index (κ2) is 10.3. The molecule has 0 bridgehead atoms. The van der Waals surface area contributed by atoms with Crippen LogP contribution in [-0.4, -0.2) is 32.3 Å². The summed E-state index contributed by atoms with van der Waals surface area (Å²) >= 11 is 0. The fourth-order valence-electron chi connectivity index (χ4n) is 4.76. The minimum atomic E-state index is -0.178. The number of anilines is 3. The predicted octanol–water partition coefficient (Wildman–Crippen LogP) is 6.53. The highest BCUT2D eigenvalue weighted by molar-refractivity contribution is 5.94. The average Bonchev–Trinajstić information content (AvgIpc) is 3.25. The van der Waals surface area contributed by atoms with E-state index in [1.807, 2.05) is 24.4 Å². The van der Waals surface area contributed by atoms with Crippen molar-refractivity contribution in [3.63, 3.8) is 0 Å². The van der Waals surface area contributed by atoms with Crippen LogP contribution in [0.5, 0.6) is 0 Å². The van der Waals surface area contributed by atoms with Gasteiger partial charge in [-0.15, -0.1) is 0 Å². The van der Waals surface area contributed by atoms with E-state index in [2.05, 4.69) is 69.7 Å². The van der Waals surface area contributed by atoms with E-state index in [-0.39, 0.29) is 6.10 Å². The summed E-state index contributed by atoms with van der Waals surface area (Å²) in [6.45, 7) is 3.06. The second-order valence-electron chi connectivity index (χ2n) is 9.19. The van der Waals surface area contributed by atoms with Crippen LogP contribution < -0.4 is 10.6 Å². The van der Waals surface area contributed by atoms with Crippen LogP contribution in [0.15, 0.2) is 67.0 Å². The van der Waals surface area contributed by atoms with Gasteiger partial charge in [-0.3, -0.25) is 0 Å².